The Morgan fingerprint density at radius 1 is 1.29 bits per heavy atom. The molecule has 0 saturated heterocycles. The topological polar surface area (TPSA) is 18.5 Å². The standard InChI is InChI=1S/C14H21BrO2/c1-12(6-8-15)7-9-17-11-13-4-3-5-14(10-13)16-2/h3-5,10,12H,6-9,11H2,1-2H3. The van der Waals surface area contributed by atoms with Gasteiger partial charge in [0, 0.05) is 11.9 Å². The average molecular weight is 301 g/mol. The summed E-state index contributed by atoms with van der Waals surface area (Å²) in [6.45, 7) is 3.75. The normalized spacial score (nSPS) is 12.4. The van der Waals surface area contributed by atoms with E-state index in [1.54, 1.807) is 7.11 Å². The predicted molar refractivity (Wildman–Crippen MR) is 74.8 cm³/mol. The molecule has 1 aromatic carbocycles. The first kappa shape index (κ1) is 14.5. The van der Waals surface area contributed by atoms with E-state index in [0.29, 0.717) is 6.61 Å². The maximum atomic E-state index is 5.67. The van der Waals surface area contributed by atoms with Crippen LogP contribution in [0.5, 0.6) is 5.75 Å². The first-order chi connectivity index (χ1) is 8.26. The van der Waals surface area contributed by atoms with Gasteiger partial charge in [-0.2, -0.15) is 0 Å². The third-order valence-corrected chi connectivity index (χ3v) is 3.22. The minimum absolute atomic E-state index is 0.665. The molecule has 0 spiro atoms. The summed E-state index contributed by atoms with van der Waals surface area (Å²) in [7, 11) is 1.68. The van der Waals surface area contributed by atoms with E-state index >= 15 is 0 Å². The quantitative estimate of drug-likeness (QED) is 0.533. The second-order valence-electron chi connectivity index (χ2n) is 4.28. The molecule has 2 nitrogen and oxygen atoms in total. The summed E-state index contributed by atoms with van der Waals surface area (Å²) in [4.78, 5) is 0. The Bertz CT molecular complexity index is 315. The molecule has 0 aliphatic heterocycles. The summed E-state index contributed by atoms with van der Waals surface area (Å²) in [6, 6.07) is 8.01. The van der Waals surface area contributed by atoms with Crippen molar-refractivity contribution in [3.05, 3.63) is 29.8 Å². The highest BCUT2D eigenvalue weighted by Crippen LogP contribution is 2.14. The summed E-state index contributed by atoms with van der Waals surface area (Å²) in [5.74, 6) is 1.61. The molecule has 1 atom stereocenters. The van der Waals surface area contributed by atoms with Crippen LogP contribution in [-0.2, 0) is 11.3 Å². The number of alkyl halides is 1. The smallest absolute Gasteiger partial charge is 0.119 e. The predicted octanol–water partition coefficient (Wildman–Crippen LogP) is 4.02. The highest BCUT2D eigenvalue weighted by Gasteiger charge is 2.01. The fourth-order valence-corrected chi connectivity index (χ4v) is 2.35. The van der Waals surface area contributed by atoms with Crippen LogP contribution in [0, 0.1) is 5.92 Å². The Labute approximate surface area is 112 Å². The number of ether oxygens (including phenoxy) is 2. The zero-order chi connectivity index (χ0) is 12.5. The van der Waals surface area contributed by atoms with Gasteiger partial charge in [0.25, 0.3) is 0 Å². The zero-order valence-electron chi connectivity index (χ0n) is 10.6. The fraction of sp³-hybridized carbons (Fsp3) is 0.571. The second-order valence-corrected chi connectivity index (χ2v) is 5.07. The van der Waals surface area contributed by atoms with Gasteiger partial charge in [0.05, 0.1) is 13.7 Å². The van der Waals surface area contributed by atoms with Crippen molar-refractivity contribution in [2.45, 2.75) is 26.4 Å². The van der Waals surface area contributed by atoms with Gasteiger partial charge in [0.1, 0.15) is 5.75 Å². The van der Waals surface area contributed by atoms with Gasteiger partial charge >= 0.3 is 0 Å². The van der Waals surface area contributed by atoms with E-state index in [9.17, 15) is 0 Å². The Balaban J connectivity index is 2.21. The first-order valence-corrected chi connectivity index (χ1v) is 7.15. The highest BCUT2D eigenvalue weighted by atomic mass is 79.9. The van der Waals surface area contributed by atoms with Crippen molar-refractivity contribution >= 4 is 15.9 Å². The molecule has 0 aliphatic rings. The molecule has 0 aromatic heterocycles. The lowest BCUT2D eigenvalue weighted by molar-refractivity contribution is 0.108. The summed E-state index contributed by atoms with van der Waals surface area (Å²) >= 11 is 3.46. The molecule has 1 unspecified atom stereocenters. The van der Waals surface area contributed by atoms with E-state index in [0.717, 1.165) is 35.6 Å². The summed E-state index contributed by atoms with van der Waals surface area (Å²) < 4.78 is 10.8. The second kappa shape index (κ2) is 8.54. The van der Waals surface area contributed by atoms with E-state index in [4.69, 9.17) is 9.47 Å². The molecule has 0 aliphatic carbocycles. The van der Waals surface area contributed by atoms with Crippen LogP contribution in [0.2, 0.25) is 0 Å². The number of methoxy groups -OCH3 is 1. The molecule has 1 aromatic rings. The number of hydrogen-bond acceptors (Lipinski definition) is 2. The van der Waals surface area contributed by atoms with Crippen LogP contribution in [0.1, 0.15) is 25.3 Å². The monoisotopic (exact) mass is 300 g/mol. The van der Waals surface area contributed by atoms with Gasteiger partial charge in [-0.25, -0.2) is 0 Å². The third kappa shape index (κ3) is 6.08. The van der Waals surface area contributed by atoms with E-state index in [1.807, 2.05) is 18.2 Å². The molecule has 0 amide bonds. The maximum absolute atomic E-state index is 5.67. The SMILES string of the molecule is COc1cccc(COCCC(C)CCBr)c1. The number of halogens is 1. The van der Waals surface area contributed by atoms with Crippen molar-refractivity contribution in [3.63, 3.8) is 0 Å². The molecule has 3 heteroatoms. The van der Waals surface area contributed by atoms with Crippen molar-refractivity contribution in [1.29, 1.82) is 0 Å². The minimum atomic E-state index is 0.665. The summed E-state index contributed by atoms with van der Waals surface area (Å²) in [6.07, 6.45) is 2.33. The van der Waals surface area contributed by atoms with Crippen LogP contribution in [0.25, 0.3) is 0 Å². The van der Waals surface area contributed by atoms with Gasteiger partial charge in [-0.1, -0.05) is 35.0 Å². The van der Waals surface area contributed by atoms with E-state index in [1.165, 1.54) is 6.42 Å². The molecule has 0 saturated carbocycles. The van der Waals surface area contributed by atoms with Gasteiger partial charge in [-0.15, -0.1) is 0 Å². The molecule has 0 bridgehead atoms. The van der Waals surface area contributed by atoms with Gasteiger partial charge in [-0.05, 0) is 36.5 Å². The minimum Gasteiger partial charge on any atom is -0.497 e. The molecule has 0 fully saturated rings. The van der Waals surface area contributed by atoms with Crippen LogP contribution in [0.3, 0.4) is 0 Å². The Morgan fingerprint density at radius 2 is 2.12 bits per heavy atom. The highest BCUT2D eigenvalue weighted by molar-refractivity contribution is 9.09. The Hall–Kier alpha value is -0.540. The van der Waals surface area contributed by atoms with Crippen molar-refractivity contribution < 1.29 is 9.47 Å². The number of hydrogen-bond donors (Lipinski definition) is 0. The van der Waals surface area contributed by atoms with E-state index in [2.05, 4.69) is 28.9 Å². The lowest BCUT2D eigenvalue weighted by Gasteiger charge is -2.10. The lowest BCUT2D eigenvalue weighted by Crippen LogP contribution is -2.02. The molecule has 1 rings (SSSR count). The van der Waals surface area contributed by atoms with Crippen LogP contribution >= 0.6 is 15.9 Å². The van der Waals surface area contributed by atoms with Crippen LogP contribution < -0.4 is 4.74 Å². The van der Waals surface area contributed by atoms with Gasteiger partial charge < -0.3 is 9.47 Å². The molecular formula is C14H21BrO2. The summed E-state index contributed by atoms with van der Waals surface area (Å²) in [5, 5.41) is 1.07. The fourth-order valence-electron chi connectivity index (χ4n) is 1.57. The van der Waals surface area contributed by atoms with Crippen molar-refractivity contribution in [1.82, 2.24) is 0 Å². The molecule has 0 heterocycles. The molecular weight excluding hydrogens is 280 g/mol. The van der Waals surface area contributed by atoms with Crippen molar-refractivity contribution in [3.8, 4) is 5.75 Å². The molecule has 0 N–H and O–H groups in total. The van der Waals surface area contributed by atoms with Gasteiger partial charge in [-0.3, -0.25) is 0 Å². The Kier molecular flexibility index (Phi) is 7.29. The number of rotatable bonds is 8. The van der Waals surface area contributed by atoms with Crippen LogP contribution in [-0.4, -0.2) is 19.0 Å². The van der Waals surface area contributed by atoms with Crippen molar-refractivity contribution in [2.24, 2.45) is 5.92 Å². The first-order valence-electron chi connectivity index (χ1n) is 6.03. The zero-order valence-corrected chi connectivity index (χ0v) is 12.2. The average Bonchev–Trinajstić information content (AvgIpc) is 2.35. The van der Waals surface area contributed by atoms with Gasteiger partial charge in [0.2, 0.25) is 0 Å². The molecule has 17 heavy (non-hydrogen) atoms. The summed E-state index contributed by atoms with van der Waals surface area (Å²) in [5.41, 5.74) is 1.16. The Morgan fingerprint density at radius 3 is 2.82 bits per heavy atom. The van der Waals surface area contributed by atoms with E-state index in [-0.39, 0.29) is 0 Å². The van der Waals surface area contributed by atoms with E-state index < -0.39 is 0 Å². The number of benzene rings is 1. The van der Waals surface area contributed by atoms with Crippen molar-refractivity contribution in [2.75, 3.05) is 19.0 Å². The lowest BCUT2D eigenvalue weighted by atomic mass is 10.1. The van der Waals surface area contributed by atoms with Crippen LogP contribution in [0.4, 0.5) is 0 Å². The maximum Gasteiger partial charge on any atom is 0.119 e. The van der Waals surface area contributed by atoms with Gasteiger partial charge in [0.15, 0.2) is 0 Å². The third-order valence-electron chi connectivity index (χ3n) is 2.76. The molecule has 96 valence electrons. The largest absolute Gasteiger partial charge is 0.497 e. The van der Waals surface area contributed by atoms with Crippen LogP contribution in [0.15, 0.2) is 24.3 Å². The molecule has 0 radical (unpaired) electrons.